The number of carbonyl (C=O) groups is 2. The highest BCUT2D eigenvalue weighted by Gasteiger charge is 2.18. The lowest BCUT2D eigenvalue weighted by molar-refractivity contribution is -0.116. The van der Waals surface area contributed by atoms with E-state index in [1.807, 2.05) is 0 Å². The normalized spacial score (nSPS) is 11.0. The lowest BCUT2D eigenvalue weighted by atomic mass is 10.2. The molecule has 0 aliphatic rings. The van der Waals surface area contributed by atoms with Gasteiger partial charge >= 0.3 is 0 Å². The Hall–Kier alpha value is -2.58. The summed E-state index contributed by atoms with van der Waals surface area (Å²) in [6, 6.07) is 12.8. The van der Waals surface area contributed by atoms with Crippen LogP contribution in [0.25, 0.3) is 0 Å². The quantitative estimate of drug-likeness (QED) is 0.698. The van der Waals surface area contributed by atoms with Gasteiger partial charge in [0.05, 0.1) is 11.9 Å². The van der Waals surface area contributed by atoms with Gasteiger partial charge in [-0.05, 0) is 42.8 Å². The molecule has 7 nitrogen and oxygen atoms in total. The third-order valence-corrected chi connectivity index (χ3v) is 5.12. The molecule has 0 heterocycles. The van der Waals surface area contributed by atoms with Crippen molar-refractivity contribution in [3.05, 3.63) is 59.1 Å². The topological polar surface area (TPSA) is 110 Å². The second kappa shape index (κ2) is 8.88. The van der Waals surface area contributed by atoms with Crippen LogP contribution in [0.5, 0.6) is 0 Å². The van der Waals surface area contributed by atoms with Crippen LogP contribution in [0, 0.1) is 0 Å². The number of sulfonamides is 1. The van der Waals surface area contributed by atoms with Gasteiger partial charge in [-0.3, -0.25) is 13.9 Å². The number of primary amides is 1. The molecule has 0 aliphatic heterocycles. The summed E-state index contributed by atoms with van der Waals surface area (Å²) in [5, 5.41) is 3.09. The van der Waals surface area contributed by atoms with Crippen molar-refractivity contribution in [1.29, 1.82) is 0 Å². The maximum atomic E-state index is 12.1. The highest BCUT2D eigenvalue weighted by atomic mass is 35.5. The minimum absolute atomic E-state index is 0.105. The molecule has 0 aromatic heterocycles. The van der Waals surface area contributed by atoms with E-state index in [0.717, 1.165) is 6.26 Å². The standard InChI is InChI=1S/C18H20ClN3O4S/c1-27(25,26)22(16-8-3-6-14(19)12-16)10-4-9-17(23)21-15-7-2-5-13(11-15)18(20)24/h2-3,5-8,11-12H,4,9-10H2,1H3,(H2,20,24)(H,21,23). The molecule has 0 unspecified atom stereocenters. The Balaban J connectivity index is 1.97. The maximum Gasteiger partial charge on any atom is 0.248 e. The molecule has 2 aromatic carbocycles. The van der Waals surface area contributed by atoms with Crippen molar-refractivity contribution in [3.63, 3.8) is 0 Å². The monoisotopic (exact) mass is 409 g/mol. The molecular weight excluding hydrogens is 390 g/mol. The smallest absolute Gasteiger partial charge is 0.248 e. The van der Waals surface area contributed by atoms with Crippen molar-refractivity contribution in [2.45, 2.75) is 12.8 Å². The van der Waals surface area contributed by atoms with E-state index in [-0.39, 0.29) is 24.4 Å². The first kappa shape index (κ1) is 20.7. The van der Waals surface area contributed by atoms with Gasteiger partial charge in [-0.2, -0.15) is 0 Å². The second-order valence-electron chi connectivity index (χ2n) is 5.91. The molecule has 3 N–H and O–H groups in total. The van der Waals surface area contributed by atoms with Gasteiger partial charge in [-0.1, -0.05) is 23.7 Å². The van der Waals surface area contributed by atoms with Crippen LogP contribution in [0.4, 0.5) is 11.4 Å². The van der Waals surface area contributed by atoms with Gasteiger partial charge in [-0.15, -0.1) is 0 Å². The molecular formula is C18H20ClN3O4S. The van der Waals surface area contributed by atoms with Crippen molar-refractivity contribution in [3.8, 4) is 0 Å². The van der Waals surface area contributed by atoms with Crippen LogP contribution in [-0.4, -0.2) is 33.0 Å². The highest BCUT2D eigenvalue weighted by molar-refractivity contribution is 7.92. The molecule has 2 rings (SSSR count). The summed E-state index contributed by atoms with van der Waals surface area (Å²) in [4.78, 5) is 23.3. The Morgan fingerprint density at radius 2 is 1.85 bits per heavy atom. The first-order chi connectivity index (χ1) is 12.7. The minimum atomic E-state index is -3.52. The fourth-order valence-corrected chi connectivity index (χ4v) is 3.62. The van der Waals surface area contributed by atoms with Crippen LogP contribution in [0.3, 0.4) is 0 Å². The van der Waals surface area contributed by atoms with Crippen molar-refractivity contribution in [1.82, 2.24) is 0 Å². The van der Waals surface area contributed by atoms with E-state index in [2.05, 4.69) is 5.32 Å². The van der Waals surface area contributed by atoms with Gasteiger partial charge in [0.1, 0.15) is 0 Å². The van der Waals surface area contributed by atoms with Crippen LogP contribution >= 0.6 is 11.6 Å². The fourth-order valence-electron chi connectivity index (χ4n) is 2.47. The van der Waals surface area contributed by atoms with Crippen molar-refractivity contribution in [2.24, 2.45) is 5.73 Å². The Bertz CT molecular complexity index is 947. The van der Waals surface area contributed by atoms with E-state index < -0.39 is 15.9 Å². The Morgan fingerprint density at radius 3 is 2.48 bits per heavy atom. The number of anilines is 2. The number of hydrogen-bond acceptors (Lipinski definition) is 4. The van der Waals surface area contributed by atoms with Crippen molar-refractivity contribution >= 4 is 44.8 Å². The van der Waals surface area contributed by atoms with Gasteiger partial charge in [-0.25, -0.2) is 8.42 Å². The number of carbonyl (C=O) groups excluding carboxylic acids is 2. The molecule has 2 aromatic rings. The molecule has 0 saturated carbocycles. The van der Waals surface area contributed by atoms with E-state index in [4.69, 9.17) is 17.3 Å². The van der Waals surface area contributed by atoms with E-state index >= 15 is 0 Å². The Morgan fingerprint density at radius 1 is 1.15 bits per heavy atom. The lowest BCUT2D eigenvalue weighted by Gasteiger charge is -2.22. The molecule has 0 spiro atoms. The van der Waals surface area contributed by atoms with Crippen LogP contribution in [-0.2, 0) is 14.8 Å². The molecule has 0 atom stereocenters. The fraction of sp³-hybridized carbons (Fsp3) is 0.222. The number of nitrogens with zero attached hydrogens (tertiary/aromatic N) is 1. The van der Waals surface area contributed by atoms with Crippen LogP contribution in [0.2, 0.25) is 5.02 Å². The summed E-state index contributed by atoms with van der Waals surface area (Å²) in [7, 11) is -3.52. The SMILES string of the molecule is CS(=O)(=O)N(CCCC(=O)Nc1cccc(C(N)=O)c1)c1cccc(Cl)c1. The number of nitrogens with two attached hydrogens (primary N) is 1. The first-order valence-electron chi connectivity index (χ1n) is 8.10. The summed E-state index contributed by atoms with van der Waals surface area (Å²) in [6.07, 6.45) is 1.51. The number of hydrogen-bond donors (Lipinski definition) is 2. The Labute approximate surface area is 163 Å². The van der Waals surface area contributed by atoms with Crippen molar-refractivity contribution in [2.75, 3.05) is 22.4 Å². The average molecular weight is 410 g/mol. The second-order valence-corrected chi connectivity index (χ2v) is 8.26. The third kappa shape index (κ3) is 6.26. The molecule has 0 bridgehead atoms. The van der Waals surface area contributed by atoms with Gasteiger partial charge in [0.15, 0.2) is 0 Å². The number of benzene rings is 2. The molecule has 144 valence electrons. The van der Waals surface area contributed by atoms with Crippen molar-refractivity contribution < 1.29 is 18.0 Å². The van der Waals surface area contributed by atoms with Crippen LogP contribution < -0.4 is 15.4 Å². The highest BCUT2D eigenvalue weighted by Crippen LogP contribution is 2.22. The zero-order valence-electron chi connectivity index (χ0n) is 14.7. The largest absolute Gasteiger partial charge is 0.366 e. The van der Waals surface area contributed by atoms with Gasteiger partial charge in [0, 0.05) is 29.2 Å². The minimum Gasteiger partial charge on any atom is -0.366 e. The molecule has 27 heavy (non-hydrogen) atoms. The number of amides is 2. The lowest BCUT2D eigenvalue weighted by Crippen LogP contribution is -2.31. The summed E-state index contributed by atoms with van der Waals surface area (Å²) in [6.45, 7) is 0.133. The van der Waals surface area contributed by atoms with Crippen LogP contribution in [0.1, 0.15) is 23.2 Å². The van der Waals surface area contributed by atoms with Gasteiger partial charge in [0.2, 0.25) is 21.8 Å². The molecule has 2 amide bonds. The predicted molar refractivity (Wildman–Crippen MR) is 106 cm³/mol. The van der Waals surface area contributed by atoms with Crippen LogP contribution in [0.15, 0.2) is 48.5 Å². The molecule has 0 saturated heterocycles. The number of halogens is 1. The predicted octanol–water partition coefficient (Wildman–Crippen LogP) is 2.62. The average Bonchev–Trinajstić information content (AvgIpc) is 2.57. The Kier molecular flexibility index (Phi) is 6.81. The summed E-state index contributed by atoms with van der Waals surface area (Å²) in [5.41, 5.74) is 6.39. The van der Waals surface area contributed by atoms with E-state index in [1.54, 1.807) is 42.5 Å². The third-order valence-electron chi connectivity index (χ3n) is 3.69. The van der Waals surface area contributed by atoms with E-state index in [9.17, 15) is 18.0 Å². The molecule has 0 radical (unpaired) electrons. The summed E-state index contributed by atoms with van der Waals surface area (Å²) < 4.78 is 25.3. The number of rotatable bonds is 8. The van der Waals surface area contributed by atoms with E-state index in [1.165, 1.54) is 10.4 Å². The maximum absolute atomic E-state index is 12.1. The summed E-state index contributed by atoms with van der Waals surface area (Å²) in [5.74, 6) is -0.882. The molecule has 9 heteroatoms. The van der Waals surface area contributed by atoms with E-state index in [0.29, 0.717) is 22.8 Å². The summed E-state index contributed by atoms with van der Waals surface area (Å²) >= 11 is 5.93. The van der Waals surface area contributed by atoms with Gasteiger partial charge in [0.25, 0.3) is 0 Å². The number of nitrogens with one attached hydrogen (secondary N) is 1. The first-order valence-corrected chi connectivity index (χ1v) is 10.3. The zero-order chi connectivity index (χ0) is 20.0. The molecule has 0 aliphatic carbocycles. The van der Waals surface area contributed by atoms with Gasteiger partial charge < -0.3 is 11.1 Å². The molecule has 0 fully saturated rings. The zero-order valence-corrected chi connectivity index (χ0v) is 16.3.